The second kappa shape index (κ2) is 11.1. The molecule has 0 unspecified atom stereocenters. The van der Waals surface area contributed by atoms with Gasteiger partial charge in [-0.25, -0.2) is 9.78 Å². The van der Waals surface area contributed by atoms with Crippen LogP contribution in [0, 0.1) is 12.3 Å². The minimum absolute atomic E-state index is 0.0201. The topological polar surface area (TPSA) is 90.7 Å². The quantitative estimate of drug-likeness (QED) is 0.258. The molecule has 8 heteroatoms. The molecular weight excluding hydrogens is 516 g/mol. The molecule has 0 bridgehead atoms. The van der Waals surface area contributed by atoms with Crippen LogP contribution in [0.4, 0.5) is 0 Å². The number of aryl methyl sites for hydroxylation is 2. The maximum atomic E-state index is 13.7. The van der Waals surface area contributed by atoms with Gasteiger partial charge in [0.2, 0.25) is 5.91 Å². The molecule has 34 heavy (non-hydrogen) atoms. The van der Waals surface area contributed by atoms with Crippen LogP contribution in [0.2, 0.25) is 0 Å². The maximum Gasteiger partial charge on any atom is 0.355 e. The van der Waals surface area contributed by atoms with Crippen molar-refractivity contribution in [2.24, 2.45) is 5.41 Å². The number of aliphatic hydroxyl groups excluding tert-OH is 1. The molecule has 0 saturated heterocycles. The predicted molar refractivity (Wildman–Crippen MR) is 138 cm³/mol. The molecule has 1 aliphatic rings. The lowest BCUT2D eigenvalue weighted by Crippen LogP contribution is -2.38. The van der Waals surface area contributed by atoms with Crippen LogP contribution in [0.3, 0.4) is 0 Å². The van der Waals surface area contributed by atoms with Gasteiger partial charge in [0.1, 0.15) is 10.8 Å². The van der Waals surface area contributed by atoms with Gasteiger partial charge >= 0.3 is 5.97 Å². The number of thiazole rings is 1. The molecule has 0 aliphatic heterocycles. The van der Waals surface area contributed by atoms with Crippen molar-refractivity contribution in [3.8, 4) is 0 Å². The number of benzene rings is 1. The van der Waals surface area contributed by atoms with Crippen LogP contribution < -0.4 is 0 Å². The van der Waals surface area contributed by atoms with Crippen molar-refractivity contribution < 1.29 is 19.8 Å². The summed E-state index contributed by atoms with van der Waals surface area (Å²) < 4.78 is 1.02. The Morgan fingerprint density at radius 1 is 1.29 bits per heavy atom. The summed E-state index contributed by atoms with van der Waals surface area (Å²) in [6.07, 6.45) is 7.76. The van der Waals surface area contributed by atoms with Gasteiger partial charge in [-0.1, -0.05) is 46.3 Å². The smallest absolute Gasteiger partial charge is 0.355 e. The molecule has 3 rings (SSSR count). The number of carbonyl (C=O) groups is 2. The van der Waals surface area contributed by atoms with Gasteiger partial charge in [0.05, 0.1) is 12.0 Å². The largest absolute Gasteiger partial charge is 0.508 e. The number of halogens is 1. The van der Waals surface area contributed by atoms with E-state index in [1.165, 1.54) is 23.0 Å². The SMILES string of the molecule is C=C/C(O)=C\C=C(/C)C1(C(=O)N(CCCc2cccc(Br)c2)Cc2nc(C(=O)O)c(C)s2)CC1. The highest BCUT2D eigenvalue weighted by molar-refractivity contribution is 9.10. The lowest BCUT2D eigenvalue weighted by atomic mass is 9.94. The van der Waals surface area contributed by atoms with E-state index in [0.29, 0.717) is 16.4 Å². The van der Waals surface area contributed by atoms with Crippen LogP contribution >= 0.6 is 27.3 Å². The molecule has 0 radical (unpaired) electrons. The summed E-state index contributed by atoms with van der Waals surface area (Å²) >= 11 is 4.81. The second-order valence-corrected chi connectivity index (χ2v) is 10.7. The fourth-order valence-electron chi connectivity index (χ4n) is 3.94. The maximum absolute atomic E-state index is 13.7. The molecular formula is C26H29BrN2O4S. The lowest BCUT2D eigenvalue weighted by Gasteiger charge is -2.27. The van der Waals surface area contributed by atoms with Gasteiger partial charge in [-0.3, -0.25) is 4.79 Å². The summed E-state index contributed by atoms with van der Waals surface area (Å²) in [6.45, 7) is 8.00. The number of allylic oxidation sites excluding steroid dienone is 3. The van der Waals surface area contributed by atoms with Crippen molar-refractivity contribution in [3.05, 3.63) is 86.0 Å². The van der Waals surface area contributed by atoms with Crippen molar-refractivity contribution in [1.29, 1.82) is 0 Å². The van der Waals surface area contributed by atoms with Crippen LogP contribution in [0.25, 0.3) is 0 Å². The highest BCUT2D eigenvalue weighted by atomic mass is 79.9. The van der Waals surface area contributed by atoms with Crippen molar-refractivity contribution in [1.82, 2.24) is 9.88 Å². The van der Waals surface area contributed by atoms with Crippen LogP contribution in [-0.2, 0) is 17.8 Å². The first-order valence-corrected chi connectivity index (χ1v) is 12.7. The molecule has 1 heterocycles. The van der Waals surface area contributed by atoms with Gasteiger partial charge in [-0.05, 0) is 69.4 Å². The number of carboxylic acids is 1. The summed E-state index contributed by atoms with van der Waals surface area (Å²) in [6, 6.07) is 8.11. The molecule has 180 valence electrons. The van der Waals surface area contributed by atoms with E-state index in [1.807, 2.05) is 24.0 Å². The Kier molecular flexibility index (Phi) is 8.49. The molecule has 1 aromatic carbocycles. The Bertz CT molecular complexity index is 1150. The highest BCUT2D eigenvalue weighted by Gasteiger charge is 2.52. The summed E-state index contributed by atoms with van der Waals surface area (Å²) in [4.78, 5) is 31.9. The normalized spacial score (nSPS) is 15.1. The van der Waals surface area contributed by atoms with E-state index in [0.717, 1.165) is 35.7 Å². The standard InChI is InChI=1S/C26H29BrN2O4S/c1-4-21(30)11-10-17(2)26(12-13-26)25(33)29(14-6-8-19-7-5-9-20(27)15-19)16-22-28-23(24(31)32)18(3)34-22/h4-5,7,9-11,15,30H,1,6,8,12-14,16H2,2-3H3,(H,31,32)/b17-10+,21-11+. The van der Waals surface area contributed by atoms with Crippen LogP contribution in [0.15, 0.2) is 64.9 Å². The average Bonchev–Trinajstić information content (AvgIpc) is 3.53. The molecule has 0 atom stereocenters. The molecule has 0 spiro atoms. The number of aromatic carboxylic acids is 1. The molecule has 2 aromatic rings. The number of rotatable bonds is 11. The van der Waals surface area contributed by atoms with Crippen molar-refractivity contribution >= 4 is 39.1 Å². The number of amides is 1. The van der Waals surface area contributed by atoms with E-state index in [2.05, 4.69) is 39.6 Å². The zero-order valence-corrected chi connectivity index (χ0v) is 21.8. The van der Waals surface area contributed by atoms with Gasteiger partial charge in [0.25, 0.3) is 0 Å². The number of carbonyl (C=O) groups excluding carboxylic acids is 1. The third-order valence-electron chi connectivity index (χ3n) is 6.07. The van der Waals surface area contributed by atoms with Gasteiger partial charge in [0.15, 0.2) is 5.69 Å². The van der Waals surface area contributed by atoms with E-state index >= 15 is 0 Å². The first-order chi connectivity index (χ1) is 16.2. The Balaban J connectivity index is 1.81. The van der Waals surface area contributed by atoms with E-state index in [-0.39, 0.29) is 23.9 Å². The molecule has 1 amide bonds. The zero-order chi connectivity index (χ0) is 24.9. The minimum Gasteiger partial charge on any atom is -0.508 e. The van der Waals surface area contributed by atoms with Crippen LogP contribution in [-0.4, -0.2) is 38.5 Å². The Hall–Kier alpha value is -2.71. The number of hydrogen-bond acceptors (Lipinski definition) is 5. The molecule has 1 fully saturated rings. The third kappa shape index (κ3) is 6.24. The number of nitrogens with zero attached hydrogens (tertiary/aromatic N) is 2. The van der Waals surface area contributed by atoms with Crippen molar-refractivity contribution in [2.75, 3.05) is 6.54 Å². The summed E-state index contributed by atoms with van der Waals surface area (Å²) in [7, 11) is 0. The lowest BCUT2D eigenvalue weighted by molar-refractivity contribution is -0.136. The summed E-state index contributed by atoms with van der Waals surface area (Å²) in [5.41, 5.74) is 1.53. The molecule has 6 nitrogen and oxygen atoms in total. The van der Waals surface area contributed by atoms with Crippen molar-refractivity contribution in [2.45, 2.75) is 46.1 Å². The average molecular weight is 545 g/mol. The van der Waals surface area contributed by atoms with E-state index in [4.69, 9.17) is 0 Å². The van der Waals surface area contributed by atoms with Gasteiger partial charge < -0.3 is 15.1 Å². The fraction of sp³-hybridized carbons (Fsp3) is 0.346. The van der Waals surface area contributed by atoms with Gasteiger partial charge in [-0.15, -0.1) is 11.3 Å². The number of hydrogen-bond donors (Lipinski definition) is 2. The fourth-order valence-corrected chi connectivity index (χ4v) is 5.33. The highest BCUT2D eigenvalue weighted by Crippen LogP contribution is 2.53. The van der Waals surface area contributed by atoms with E-state index in [1.54, 1.807) is 19.1 Å². The Morgan fingerprint density at radius 3 is 2.62 bits per heavy atom. The molecule has 1 aliphatic carbocycles. The van der Waals surface area contributed by atoms with Crippen LogP contribution in [0.5, 0.6) is 0 Å². The van der Waals surface area contributed by atoms with Crippen molar-refractivity contribution in [3.63, 3.8) is 0 Å². The minimum atomic E-state index is -1.06. The summed E-state index contributed by atoms with van der Waals surface area (Å²) in [5.74, 6) is -0.988. The number of carboxylic acid groups (broad SMARTS) is 1. The second-order valence-electron chi connectivity index (χ2n) is 8.51. The molecule has 1 saturated carbocycles. The summed E-state index contributed by atoms with van der Waals surface area (Å²) in [5, 5.41) is 19.7. The number of aromatic nitrogens is 1. The van der Waals surface area contributed by atoms with E-state index < -0.39 is 11.4 Å². The number of aliphatic hydroxyl groups is 1. The Labute approximate surface area is 212 Å². The van der Waals surface area contributed by atoms with Gasteiger partial charge in [0, 0.05) is 15.9 Å². The molecule has 1 aromatic heterocycles. The first-order valence-electron chi connectivity index (χ1n) is 11.1. The van der Waals surface area contributed by atoms with Crippen LogP contribution in [0.1, 0.15) is 52.1 Å². The monoisotopic (exact) mass is 544 g/mol. The molecule has 2 N–H and O–H groups in total. The predicted octanol–water partition coefficient (Wildman–Crippen LogP) is 6.23. The first kappa shape index (κ1) is 25.9. The Morgan fingerprint density at radius 2 is 2.03 bits per heavy atom. The zero-order valence-electron chi connectivity index (χ0n) is 19.4. The van der Waals surface area contributed by atoms with Gasteiger partial charge in [-0.2, -0.15) is 0 Å². The van der Waals surface area contributed by atoms with E-state index in [9.17, 15) is 19.8 Å². The third-order valence-corrected chi connectivity index (χ3v) is 7.52.